The summed E-state index contributed by atoms with van der Waals surface area (Å²) < 4.78 is 0. The van der Waals surface area contributed by atoms with Gasteiger partial charge in [-0.3, -0.25) is 0 Å². The predicted octanol–water partition coefficient (Wildman–Crippen LogP) is 2.30. The first-order valence-electron chi connectivity index (χ1n) is 4.77. The zero-order valence-corrected chi connectivity index (χ0v) is 7.88. The lowest BCUT2D eigenvalue weighted by molar-refractivity contribution is 0.144. The summed E-state index contributed by atoms with van der Waals surface area (Å²) in [6, 6.07) is 0. The van der Waals surface area contributed by atoms with Crippen LogP contribution in [0.1, 0.15) is 33.6 Å². The molecular weight excluding hydrogens is 136 g/mol. The van der Waals surface area contributed by atoms with Crippen LogP contribution < -0.4 is 0 Å². The summed E-state index contributed by atoms with van der Waals surface area (Å²) in [4.78, 5) is 0. The second-order valence-corrected chi connectivity index (χ2v) is 4.31. The first kappa shape index (κ1) is 9.05. The Hall–Kier alpha value is -0.0400. The minimum atomic E-state index is 0.393. The van der Waals surface area contributed by atoms with E-state index in [4.69, 9.17) is 5.11 Å². The van der Waals surface area contributed by atoms with E-state index >= 15 is 0 Å². The van der Waals surface area contributed by atoms with E-state index in [1.165, 1.54) is 12.8 Å². The van der Waals surface area contributed by atoms with Crippen LogP contribution in [0.3, 0.4) is 0 Å². The van der Waals surface area contributed by atoms with Gasteiger partial charge in [0.2, 0.25) is 0 Å². The molecule has 0 aliphatic heterocycles. The highest BCUT2D eigenvalue weighted by molar-refractivity contribution is 4.83. The van der Waals surface area contributed by atoms with E-state index in [2.05, 4.69) is 20.8 Å². The highest BCUT2D eigenvalue weighted by atomic mass is 16.3. The van der Waals surface area contributed by atoms with Gasteiger partial charge in [-0.25, -0.2) is 0 Å². The Morgan fingerprint density at radius 1 is 1.36 bits per heavy atom. The summed E-state index contributed by atoms with van der Waals surface area (Å²) in [7, 11) is 0. The molecule has 0 spiro atoms. The van der Waals surface area contributed by atoms with Crippen LogP contribution in [0, 0.1) is 23.7 Å². The minimum Gasteiger partial charge on any atom is -0.396 e. The van der Waals surface area contributed by atoms with Crippen molar-refractivity contribution < 1.29 is 5.11 Å². The molecule has 1 heteroatoms. The van der Waals surface area contributed by atoms with Gasteiger partial charge in [0.1, 0.15) is 0 Å². The normalized spacial score (nSPS) is 38.5. The minimum absolute atomic E-state index is 0.393. The molecule has 1 aliphatic carbocycles. The van der Waals surface area contributed by atoms with E-state index in [1.807, 2.05) is 0 Å². The van der Waals surface area contributed by atoms with E-state index in [0.29, 0.717) is 12.5 Å². The summed E-state index contributed by atoms with van der Waals surface area (Å²) in [6.45, 7) is 7.20. The van der Waals surface area contributed by atoms with Crippen molar-refractivity contribution >= 4 is 0 Å². The van der Waals surface area contributed by atoms with Crippen LogP contribution in [0.25, 0.3) is 0 Å². The van der Waals surface area contributed by atoms with E-state index in [9.17, 15) is 0 Å². The second kappa shape index (κ2) is 3.57. The Bertz CT molecular complexity index is 120. The lowest BCUT2D eigenvalue weighted by Crippen LogP contribution is -2.21. The van der Waals surface area contributed by atoms with Crippen LogP contribution in [0.5, 0.6) is 0 Å². The van der Waals surface area contributed by atoms with E-state index in [-0.39, 0.29) is 0 Å². The summed E-state index contributed by atoms with van der Waals surface area (Å²) in [5.74, 6) is 2.84. The number of aliphatic hydroxyl groups is 1. The van der Waals surface area contributed by atoms with Crippen molar-refractivity contribution in [1.29, 1.82) is 0 Å². The lowest BCUT2D eigenvalue weighted by Gasteiger charge is -2.23. The second-order valence-electron chi connectivity index (χ2n) is 4.31. The largest absolute Gasteiger partial charge is 0.396 e. The zero-order chi connectivity index (χ0) is 8.43. The number of rotatable bonds is 2. The Labute approximate surface area is 69.8 Å². The van der Waals surface area contributed by atoms with Crippen molar-refractivity contribution in [2.75, 3.05) is 6.61 Å². The van der Waals surface area contributed by atoms with Crippen LogP contribution in [-0.2, 0) is 0 Å². The highest BCUT2D eigenvalue weighted by Gasteiger charge is 2.34. The monoisotopic (exact) mass is 156 g/mol. The van der Waals surface area contributed by atoms with Gasteiger partial charge in [0.15, 0.2) is 0 Å². The van der Waals surface area contributed by atoms with Crippen molar-refractivity contribution in [3.05, 3.63) is 0 Å². The van der Waals surface area contributed by atoms with Crippen molar-refractivity contribution in [3.63, 3.8) is 0 Å². The topological polar surface area (TPSA) is 20.2 Å². The van der Waals surface area contributed by atoms with Gasteiger partial charge < -0.3 is 5.11 Å². The van der Waals surface area contributed by atoms with Crippen molar-refractivity contribution in [2.24, 2.45) is 23.7 Å². The smallest absolute Gasteiger partial charge is 0.0464 e. The first-order chi connectivity index (χ1) is 5.16. The molecule has 0 saturated heterocycles. The molecule has 1 N–H and O–H groups in total. The number of aliphatic hydroxyl groups excluding tert-OH is 1. The molecule has 1 saturated carbocycles. The molecule has 0 amide bonds. The summed E-state index contributed by atoms with van der Waals surface area (Å²) in [5.41, 5.74) is 0. The Kier molecular flexibility index (Phi) is 2.94. The van der Waals surface area contributed by atoms with Crippen LogP contribution in [0.15, 0.2) is 0 Å². The first-order valence-corrected chi connectivity index (χ1v) is 4.77. The fourth-order valence-corrected chi connectivity index (χ4v) is 2.45. The van der Waals surface area contributed by atoms with Gasteiger partial charge in [0.05, 0.1) is 0 Å². The maximum atomic E-state index is 9.16. The molecule has 1 nitrogen and oxygen atoms in total. The van der Waals surface area contributed by atoms with E-state index < -0.39 is 0 Å². The van der Waals surface area contributed by atoms with Crippen molar-refractivity contribution in [1.82, 2.24) is 0 Å². The quantitative estimate of drug-likeness (QED) is 0.650. The van der Waals surface area contributed by atoms with E-state index in [1.54, 1.807) is 0 Å². The highest BCUT2D eigenvalue weighted by Crippen LogP contribution is 2.40. The fourth-order valence-electron chi connectivity index (χ4n) is 2.45. The third-order valence-corrected chi connectivity index (χ3v) is 3.30. The summed E-state index contributed by atoms with van der Waals surface area (Å²) in [6.07, 6.45) is 2.64. The molecule has 66 valence electrons. The summed E-state index contributed by atoms with van der Waals surface area (Å²) >= 11 is 0. The lowest BCUT2D eigenvalue weighted by atomic mass is 9.84. The van der Waals surface area contributed by atoms with Crippen molar-refractivity contribution in [2.45, 2.75) is 33.6 Å². The molecular formula is C10H20O. The van der Waals surface area contributed by atoms with Crippen LogP contribution in [-0.4, -0.2) is 11.7 Å². The van der Waals surface area contributed by atoms with Gasteiger partial charge in [0, 0.05) is 6.61 Å². The Morgan fingerprint density at radius 3 is 2.36 bits per heavy atom. The predicted molar refractivity (Wildman–Crippen MR) is 47.3 cm³/mol. The summed E-state index contributed by atoms with van der Waals surface area (Å²) in [5, 5.41) is 9.16. The SMILES string of the molecule is CC(C)[C@H]1CC[C@H](C)[C@H]1CO. The molecule has 1 rings (SSSR count). The van der Waals surface area contributed by atoms with E-state index in [0.717, 1.165) is 17.8 Å². The Morgan fingerprint density at radius 2 is 2.00 bits per heavy atom. The molecule has 3 atom stereocenters. The van der Waals surface area contributed by atoms with Gasteiger partial charge in [0.25, 0.3) is 0 Å². The van der Waals surface area contributed by atoms with Gasteiger partial charge in [-0.15, -0.1) is 0 Å². The third kappa shape index (κ3) is 1.76. The molecule has 0 aromatic rings. The van der Waals surface area contributed by atoms with Gasteiger partial charge >= 0.3 is 0 Å². The van der Waals surface area contributed by atoms with Gasteiger partial charge in [-0.2, -0.15) is 0 Å². The van der Waals surface area contributed by atoms with Gasteiger partial charge in [-0.1, -0.05) is 27.2 Å². The van der Waals surface area contributed by atoms with Crippen molar-refractivity contribution in [3.8, 4) is 0 Å². The van der Waals surface area contributed by atoms with Crippen LogP contribution >= 0.6 is 0 Å². The molecule has 0 bridgehead atoms. The van der Waals surface area contributed by atoms with Gasteiger partial charge in [-0.05, 0) is 30.1 Å². The third-order valence-electron chi connectivity index (χ3n) is 3.30. The molecule has 0 heterocycles. The average Bonchev–Trinajstić information content (AvgIpc) is 2.30. The standard InChI is InChI=1S/C10H20O/c1-7(2)9-5-4-8(3)10(9)6-11/h7-11H,4-6H2,1-3H3/t8-,9+,10+/m0/s1. The number of hydrogen-bond acceptors (Lipinski definition) is 1. The maximum Gasteiger partial charge on any atom is 0.0464 e. The average molecular weight is 156 g/mol. The molecule has 0 unspecified atom stereocenters. The van der Waals surface area contributed by atoms with Crippen LogP contribution in [0.2, 0.25) is 0 Å². The molecule has 0 aromatic carbocycles. The molecule has 11 heavy (non-hydrogen) atoms. The zero-order valence-electron chi connectivity index (χ0n) is 7.88. The molecule has 1 fully saturated rings. The molecule has 1 aliphatic rings. The molecule has 0 radical (unpaired) electrons. The Balaban J connectivity index is 2.54. The maximum absolute atomic E-state index is 9.16. The van der Waals surface area contributed by atoms with Crippen LogP contribution in [0.4, 0.5) is 0 Å². The fraction of sp³-hybridized carbons (Fsp3) is 1.00. The molecule has 0 aromatic heterocycles. The number of hydrogen-bond donors (Lipinski definition) is 1.